The van der Waals surface area contributed by atoms with Crippen LogP contribution in [0.3, 0.4) is 0 Å². The lowest BCUT2D eigenvalue weighted by Crippen LogP contribution is -2.23. The Labute approximate surface area is 169 Å². The SMILES string of the molecule is Cc1nc(CN2CCC[C@H]2c2csc(NC(=O)c3ccc(Br)cc3)n2)co1. The molecule has 140 valence electrons. The summed E-state index contributed by atoms with van der Waals surface area (Å²) in [6.07, 6.45) is 3.90. The highest BCUT2D eigenvalue weighted by Crippen LogP contribution is 2.34. The topological polar surface area (TPSA) is 71.3 Å². The molecule has 2 aromatic heterocycles. The number of oxazole rings is 1. The normalized spacial score (nSPS) is 17.3. The Morgan fingerprint density at radius 3 is 2.93 bits per heavy atom. The van der Waals surface area contributed by atoms with Crippen molar-refractivity contribution < 1.29 is 9.21 Å². The minimum Gasteiger partial charge on any atom is -0.449 e. The fraction of sp³-hybridized carbons (Fsp3) is 0.316. The first-order chi connectivity index (χ1) is 13.1. The van der Waals surface area contributed by atoms with Gasteiger partial charge >= 0.3 is 0 Å². The van der Waals surface area contributed by atoms with E-state index < -0.39 is 0 Å². The molecule has 1 aliphatic heterocycles. The van der Waals surface area contributed by atoms with Crippen LogP contribution in [0, 0.1) is 6.92 Å². The van der Waals surface area contributed by atoms with Crippen LogP contribution >= 0.6 is 27.3 Å². The molecule has 3 heterocycles. The third-order valence-electron chi connectivity index (χ3n) is 4.59. The maximum atomic E-state index is 12.4. The third kappa shape index (κ3) is 4.28. The zero-order valence-electron chi connectivity index (χ0n) is 14.8. The first-order valence-electron chi connectivity index (χ1n) is 8.76. The van der Waals surface area contributed by atoms with Crippen LogP contribution in [0.2, 0.25) is 0 Å². The van der Waals surface area contributed by atoms with E-state index in [1.54, 1.807) is 18.4 Å². The van der Waals surface area contributed by atoms with E-state index in [4.69, 9.17) is 4.42 Å². The summed E-state index contributed by atoms with van der Waals surface area (Å²) < 4.78 is 6.25. The van der Waals surface area contributed by atoms with Crippen molar-refractivity contribution in [2.75, 3.05) is 11.9 Å². The minimum atomic E-state index is -0.148. The molecule has 0 spiro atoms. The molecule has 0 bridgehead atoms. The number of thiazole rings is 1. The molecule has 0 saturated carbocycles. The highest BCUT2D eigenvalue weighted by Gasteiger charge is 2.28. The number of carbonyl (C=O) groups is 1. The molecule has 1 N–H and O–H groups in total. The molecule has 1 saturated heterocycles. The predicted octanol–water partition coefficient (Wildman–Crippen LogP) is 4.79. The number of rotatable bonds is 5. The zero-order valence-corrected chi connectivity index (χ0v) is 17.2. The van der Waals surface area contributed by atoms with Gasteiger partial charge in [0.1, 0.15) is 6.26 Å². The quantitative estimate of drug-likeness (QED) is 0.609. The van der Waals surface area contributed by atoms with Crippen LogP contribution < -0.4 is 5.32 Å². The van der Waals surface area contributed by atoms with E-state index in [1.165, 1.54) is 11.3 Å². The Morgan fingerprint density at radius 2 is 2.19 bits per heavy atom. The second-order valence-electron chi connectivity index (χ2n) is 6.52. The van der Waals surface area contributed by atoms with Gasteiger partial charge in [0.05, 0.1) is 17.4 Å². The second-order valence-corrected chi connectivity index (χ2v) is 8.30. The van der Waals surface area contributed by atoms with Gasteiger partial charge < -0.3 is 4.42 Å². The molecule has 1 aliphatic rings. The average Bonchev–Trinajstić information content (AvgIpc) is 3.37. The Hall–Kier alpha value is -2.03. The average molecular weight is 447 g/mol. The number of aromatic nitrogens is 2. The summed E-state index contributed by atoms with van der Waals surface area (Å²) in [5.41, 5.74) is 2.56. The number of hydrogen-bond acceptors (Lipinski definition) is 6. The molecule has 1 amide bonds. The first-order valence-corrected chi connectivity index (χ1v) is 10.4. The van der Waals surface area contributed by atoms with Crippen LogP contribution in [0.15, 0.2) is 44.8 Å². The van der Waals surface area contributed by atoms with E-state index in [0.29, 0.717) is 16.6 Å². The monoisotopic (exact) mass is 446 g/mol. The number of hydrogen-bond donors (Lipinski definition) is 1. The van der Waals surface area contributed by atoms with Gasteiger partial charge in [-0.25, -0.2) is 9.97 Å². The maximum absolute atomic E-state index is 12.4. The Balaban J connectivity index is 1.43. The molecule has 0 radical (unpaired) electrons. The molecule has 6 nitrogen and oxygen atoms in total. The molecule has 27 heavy (non-hydrogen) atoms. The maximum Gasteiger partial charge on any atom is 0.257 e. The van der Waals surface area contributed by atoms with Crippen LogP contribution in [0.4, 0.5) is 5.13 Å². The summed E-state index contributed by atoms with van der Waals surface area (Å²) >= 11 is 4.84. The number of carbonyl (C=O) groups excluding carboxylic acids is 1. The van der Waals surface area contributed by atoms with Gasteiger partial charge in [0, 0.05) is 28.9 Å². The minimum absolute atomic E-state index is 0.148. The van der Waals surface area contributed by atoms with Crippen molar-refractivity contribution in [2.45, 2.75) is 32.4 Å². The summed E-state index contributed by atoms with van der Waals surface area (Å²) in [6, 6.07) is 7.52. The van der Waals surface area contributed by atoms with Gasteiger partial charge in [-0.2, -0.15) is 0 Å². The first kappa shape index (κ1) is 18.3. The lowest BCUT2D eigenvalue weighted by atomic mass is 10.1. The standard InChI is InChI=1S/C19H19BrN4O2S/c1-12-21-15(10-26-12)9-24-8-2-3-17(24)16-11-27-19(22-16)23-18(25)13-4-6-14(20)7-5-13/h4-7,10-11,17H,2-3,8-9H2,1H3,(H,22,23,25)/t17-/m0/s1. The van der Waals surface area contributed by atoms with Gasteiger partial charge in [-0.3, -0.25) is 15.0 Å². The lowest BCUT2D eigenvalue weighted by Gasteiger charge is -2.21. The Kier molecular flexibility index (Phi) is 5.38. The summed E-state index contributed by atoms with van der Waals surface area (Å²) in [5, 5.41) is 5.56. The van der Waals surface area contributed by atoms with E-state index >= 15 is 0 Å². The van der Waals surface area contributed by atoms with Crippen molar-refractivity contribution in [1.82, 2.24) is 14.9 Å². The molecular weight excluding hydrogens is 428 g/mol. The van der Waals surface area contributed by atoms with Gasteiger partial charge in [0.2, 0.25) is 0 Å². The van der Waals surface area contributed by atoms with E-state index in [0.717, 1.165) is 41.8 Å². The smallest absolute Gasteiger partial charge is 0.257 e. The van der Waals surface area contributed by atoms with E-state index in [2.05, 4.69) is 36.1 Å². The fourth-order valence-electron chi connectivity index (χ4n) is 3.31. The van der Waals surface area contributed by atoms with Crippen LogP contribution in [0.25, 0.3) is 0 Å². The van der Waals surface area contributed by atoms with Gasteiger partial charge in [0.25, 0.3) is 5.91 Å². The Morgan fingerprint density at radius 1 is 1.37 bits per heavy atom. The number of halogens is 1. The summed E-state index contributed by atoms with van der Waals surface area (Å²) in [4.78, 5) is 23.8. The molecule has 3 aromatic rings. The summed E-state index contributed by atoms with van der Waals surface area (Å²) in [5.74, 6) is 0.539. The van der Waals surface area contributed by atoms with Crippen molar-refractivity contribution in [3.8, 4) is 0 Å². The molecule has 0 aliphatic carbocycles. The fourth-order valence-corrected chi connectivity index (χ4v) is 4.32. The van der Waals surface area contributed by atoms with Gasteiger partial charge in [-0.05, 0) is 43.7 Å². The highest BCUT2D eigenvalue weighted by atomic mass is 79.9. The third-order valence-corrected chi connectivity index (χ3v) is 5.89. The van der Waals surface area contributed by atoms with Gasteiger partial charge in [0.15, 0.2) is 11.0 Å². The van der Waals surface area contributed by atoms with Crippen LogP contribution in [0.1, 0.15) is 46.5 Å². The molecule has 4 rings (SSSR count). The van der Waals surface area contributed by atoms with Crippen molar-refractivity contribution in [2.24, 2.45) is 0 Å². The number of likely N-dealkylation sites (tertiary alicyclic amines) is 1. The largest absolute Gasteiger partial charge is 0.449 e. The molecular formula is C19H19BrN4O2S. The molecule has 8 heteroatoms. The molecule has 1 fully saturated rings. The number of nitrogens with one attached hydrogen (secondary N) is 1. The van der Waals surface area contributed by atoms with Crippen molar-refractivity contribution in [3.05, 3.63) is 63.2 Å². The molecule has 0 unspecified atom stereocenters. The summed E-state index contributed by atoms with van der Waals surface area (Å²) in [6.45, 7) is 3.61. The number of aryl methyl sites for hydroxylation is 1. The molecule has 1 atom stereocenters. The van der Waals surface area contributed by atoms with Crippen molar-refractivity contribution in [3.63, 3.8) is 0 Å². The number of amides is 1. The Bertz CT molecular complexity index is 937. The van der Waals surface area contributed by atoms with Crippen molar-refractivity contribution >= 4 is 38.3 Å². The zero-order chi connectivity index (χ0) is 18.8. The lowest BCUT2D eigenvalue weighted by molar-refractivity contribution is 0.102. The number of benzene rings is 1. The van der Waals surface area contributed by atoms with Crippen LogP contribution in [0.5, 0.6) is 0 Å². The number of anilines is 1. The van der Waals surface area contributed by atoms with Crippen molar-refractivity contribution in [1.29, 1.82) is 0 Å². The van der Waals surface area contributed by atoms with E-state index in [1.807, 2.05) is 24.4 Å². The highest BCUT2D eigenvalue weighted by molar-refractivity contribution is 9.10. The van der Waals surface area contributed by atoms with Gasteiger partial charge in [-0.15, -0.1) is 11.3 Å². The van der Waals surface area contributed by atoms with Gasteiger partial charge in [-0.1, -0.05) is 15.9 Å². The summed E-state index contributed by atoms with van der Waals surface area (Å²) in [7, 11) is 0. The van der Waals surface area contributed by atoms with Crippen LogP contribution in [-0.4, -0.2) is 27.3 Å². The number of nitrogens with zero attached hydrogens (tertiary/aromatic N) is 3. The van der Waals surface area contributed by atoms with Crippen LogP contribution in [-0.2, 0) is 6.54 Å². The van der Waals surface area contributed by atoms with E-state index in [9.17, 15) is 4.79 Å². The van der Waals surface area contributed by atoms with E-state index in [-0.39, 0.29) is 11.9 Å². The molecule has 1 aromatic carbocycles. The predicted molar refractivity (Wildman–Crippen MR) is 108 cm³/mol. The second kappa shape index (κ2) is 7.92.